The Kier molecular flexibility index (Phi) is 5.11. The van der Waals surface area contributed by atoms with Crippen LogP contribution in [0.2, 0.25) is 0 Å². The second kappa shape index (κ2) is 5.58. The van der Waals surface area contributed by atoms with Crippen molar-refractivity contribution in [3.05, 3.63) is 0 Å². The van der Waals surface area contributed by atoms with Gasteiger partial charge in [-0.15, -0.1) is 0 Å². The standard InChI is InChI=1S/C10H20N2O3/c1-5-10(4,8(13)14)6-11-9(15)12-7(2)3/h7H,5-6H2,1-4H3,(H,13,14)(H2,11,12,15). The SMILES string of the molecule is CCC(C)(CNC(=O)NC(C)C)C(=O)O. The highest BCUT2D eigenvalue weighted by Gasteiger charge is 2.31. The average molecular weight is 216 g/mol. The zero-order valence-corrected chi connectivity index (χ0v) is 9.76. The largest absolute Gasteiger partial charge is 0.481 e. The third-order valence-electron chi connectivity index (χ3n) is 2.36. The van der Waals surface area contributed by atoms with Crippen LogP contribution in [0, 0.1) is 5.41 Å². The van der Waals surface area contributed by atoms with Crippen LogP contribution < -0.4 is 10.6 Å². The summed E-state index contributed by atoms with van der Waals surface area (Å²) >= 11 is 0. The van der Waals surface area contributed by atoms with Gasteiger partial charge in [0, 0.05) is 12.6 Å². The molecule has 0 rings (SSSR count). The van der Waals surface area contributed by atoms with Crippen molar-refractivity contribution < 1.29 is 14.7 Å². The van der Waals surface area contributed by atoms with Crippen LogP contribution >= 0.6 is 0 Å². The minimum Gasteiger partial charge on any atom is -0.481 e. The molecule has 0 aromatic heterocycles. The van der Waals surface area contributed by atoms with Crippen molar-refractivity contribution in [1.82, 2.24) is 10.6 Å². The molecule has 0 aliphatic heterocycles. The van der Waals surface area contributed by atoms with Gasteiger partial charge < -0.3 is 15.7 Å². The quantitative estimate of drug-likeness (QED) is 0.646. The molecule has 5 heteroatoms. The molecule has 0 saturated heterocycles. The molecule has 0 aromatic rings. The number of urea groups is 1. The molecule has 0 bridgehead atoms. The van der Waals surface area contributed by atoms with Crippen LogP contribution in [0.15, 0.2) is 0 Å². The predicted octanol–water partition coefficient (Wildman–Crippen LogP) is 1.19. The summed E-state index contributed by atoms with van der Waals surface area (Å²) in [7, 11) is 0. The van der Waals surface area contributed by atoms with Crippen molar-refractivity contribution >= 4 is 12.0 Å². The van der Waals surface area contributed by atoms with Crippen molar-refractivity contribution in [3.8, 4) is 0 Å². The van der Waals surface area contributed by atoms with E-state index in [4.69, 9.17) is 5.11 Å². The summed E-state index contributed by atoms with van der Waals surface area (Å²) in [4.78, 5) is 22.1. The van der Waals surface area contributed by atoms with Gasteiger partial charge in [0.1, 0.15) is 0 Å². The van der Waals surface area contributed by atoms with Crippen molar-refractivity contribution in [3.63, 3.8) is 0 Å². The lowest BCUT2D eigenvalue weighted by molar-refractivity contribution is -0.147. The maximum absolute atomic E-state index is 11.2. The minimum absolute atomic E-state index is 0.0442. The van der Waals surface area contributed by atoms with Crippen molar-refractivity contribution in [2.24, 2.45) is 5.41 Å². The Balaban J connectivity index is 4.12. The van der Waals surface area contributed by atoms with Crippen LogP contribution in [0.1, 0.15) is 34.1 Å². The lowest BCUT2D eigenvalue weighted by Crippen LogP contribution is -2.46. The topological polar surface area (TPSA) is 78.4 Å². The van der Waals surface area contributed by atoms with Gasteiger partial charge in [0.15, 0.2) is 0 Å². The lowest BCUT2D eigenvalue weighted by Gasteiger charge is -2.23. The second-order valence-corrected chi connectivity index (χ2v) is 4.20. The van der Waals surface area contributed by atoms with Gasteiger partial charge >= 0.3 is 12.0 Å². The number of carbonyl (C=O) groups excluding carboxylic acids is 1. The summed E-state index contributed by atoms with van der Waals surface area (Å²) in [5.41, 5.74) is -0.895. The molecule has 0 heterocycles. The summed E-state index contributed by atoms with van der Waals surface area (Å²) in [6.07, 6.45) is 0.476. The number of hydrogen-bond acceptors (Lipinski definition) is 2. The van der Waals surface area contributed by atoms with Gasteiger partial charge in [0.2, 0.25) is 0 Å². The molecule has 1 unspecified atom stereocenters. The van der Waals surface area contributed by atoms with E-state index < -0.39 is 11.4 Å². The first-order valence-corrected chi connectivity index (χ1v) is 5.09. The van der Waals surface area contributed by atoms with E-state index in [9.17, 15) is 9.59 Å². The normalized spacial score (nSPS) is 14.5. The van der Waals surface area contributed by atoms with Gasteiger partial charge in [-0.05, 0) is 27.2 Å². The Morgan fingerprint density at radius 3 is 2.27 bits per heavy atom. The fourth-order valence-corrected chi connectivity index (χ4v) is 0.940. The Hall–Kier alpha value is -1.26. The summed E-state index contributed by atoms with van der Waals surface area (Å²) in [6.45, 7) is 7.23. The fraction of sp³-hybridized carbons (Fsp3) is 0.800. The molecule has 0 saturated carbocycles. The van der Waals surface area contributed by atoms with Crippen molar-refractivity contribution in [2.45, 2.75) is 40.2 Å². The summed E-state index contributed by atoms with van der Waals surface area (Å²) < 4.78 is 0. The van der Waals surface area contributed by atoms with E-state index in [2.05, 4.69) is 10.6 Å². The molecule has 0 aliphatic carbocycles. The molecule has 0 aromatic carbocycles. The minimum atomic E-state index is -0.895. The maximum Gasteiger partial charge on any atom is 0.315 e. The van der Waals surface area contributed by atoms with E-state index in [1.54, 1.807) is 13.8 Å². The van der Waals surface area contributed by atoms with Crippen LogP contribution in [0.4, 0.5) is 4.79 Å². The number of nitrogens with one attached hydrogen (secondary N) is 2. The van der Waals surface area contributed by atoms with Gasteiger partial charge in [0.05, 0.1) is 5.41 Å². The van der Waals surface area contributed by atoms with Crippen molar-refractivity contribution in [2.75, 3.05) is 6.54 Å². The average Bonchev–Trinajstić information content (AvgIpc) is 2.12. The van der Waals surface area contributed by atoms with E-state index in [0.29, 0.717) is 6.42 Å². The van der Waals surface area contributed by atoms with Crippen molar-refractivity contribution in [1.29, 1.82) is 0 Å². The number of hydrogen-bond donors (Lipinski definition) is 3. The molecule has 5 nitrogen and oxygen atoms in total. The molecule has 3 N–H and O–H groups in total. The van der Waals surface area contributed by atoms with Gasteiger partial charge in [-0.3, -0.25) is 4.79 Å². The van der Waals surface area contributed by atoms with Crippen LogP contribution in [0.5, 0.6) is 0 Å². The number of aliphatic carboxylic acids is 1. The molecule has 0 radical (unpaired) electrons. The van der Waals surface area contributed by atoms with Crippen LogP contribution in [-0.2, 0) is 4.79 Å². The number of rotatable bonds is 5. The zero-order chi connectivity index (χ0) is 12.1. The zero-order valence-electron chi connectivity index (χ0n) is 9.76. The van der Waals surface area contributed by atoms with Gasteiger partial charge in [-0.1, -0.05) is 6.92 Å². The highest BCUT2D eigenvalue weighted by Crippen LogP contribution is 2.19. The first-order valence-electron chi connectivity index (χ1n) is 5.09. The molecular weight excluding hydrogens is 196 g/mol. The molecule has 15 heavy (non-hydrogen) atoms. The second-order valence-electron chi connectivity index (χ2n) is 4.20. The Morgan fingerprint density at radius 1 is 1.40 bits per heavy atom. The smallest absolute Gasteiger partial charge is 0.315 e. The van der Waals surface area contributed by atoms with Crippen LogP contribution in [0.25, 0.3) is 0 Å². The third kappa shape index (κ3) is 4.67. The third-order valence-corrected chi connectivity index (χ3v) is 2.36. The number of carbonyl (C=O) groups is 2. The summed E-state index contributed by atoms with van der Waals surface area (Å²) in [5, 5.41) is 14.1. The first-order chi connectivity index (χ1) is 6.81. The van der Waals surface area contributed by atoms with E-state index in [-0.39, 0.29) is 18.6 Å². The highest BCUT2D eigenvalue weighted by atomic mass is 16.4. The van der Waals surface area contributed by atoms with E-state index in [1.807, 2.05) is 13.8 Å². The predicted molar refractivity (Wildman–Crippen MR) is 57.7 cm³/mol. The van der Waals surface area contributed by atoms with E-state index >= 15 is 0 Å². The molecule has 2 amide bonds. The molecule has 0 spiro atoms. The Morgan fingerprint density at radius 2 is 1.93 bits per heavy atom. The Bertz CT molecular complexity index is 241. The molecule has 88 valence electrons. The van der Waals surface area contributed by atoms with Crippen LogP contribution in [-0.4, -0.2) is 29.7 Å². The molecule has 0 aliphatic rings. The number of amides is 2. The molecule has 1 atom stereocenters. The summed E-state index contributed by atoms with van der Waals surface area (Å²) in [5.74, 6) is -0.894. The van der Waals surface area contributed by atoms with Gasteiger partial charge in [-0.2, -0.15) is 0 Å². The molecule has 0 fully saturated rings. The highest BCUT2D eigenvalue weighted by molar-refractivity contribution is 5.77. The lowest BCUT2D eigenvalue weighted by atomic mass is 9.88. The van der Waals surface area contributed by atoms with Gasteiger partial charge in [-0.25, -0.2) is 4.79 Å². The number of carboxylic acid groups (broad SMARTS) is 1. The van der Waals surface area contributed by atoms with Crippen LogP contribution in [0.3, 0.4) is 0 Å². The monoisotopic (exact) mass is 216 g/mol. The molecular formula is C10H20N2O3. The van der Waals surface area contributed by atoms with E-state index in [0.717, 1.165) is 0 Å². The van der Waals surface area contributed by atoms with E-state index in [1.165, 1.54) is 0 Å². The summed E-state index contributed by atoms with van der Waals surface area (Å²) in [6, 6.07) is -0.284. The number of carboxylic acids is 1. The maximum atomic E-state index is 11.2. The fourth-order valence-electron chi connectivity index (χ4n) is 0.940. The first kappa shape index (κ1) is 13.7. The Labute approximate surface area is 90.2 Å². The van der Waals surface area contributed by atoms with Gasteiger partial charge in [0.25, 0.3) is 0 Å².